The molecule has 3 saturated heterocycles. The summed E-state index contributed by atoms with van der Waals surface area (Å²) in [5, 5.41) is 15.2. The average molecular weight is 360 g/mol. The van der Waals surface area contributed by atoms with E-state index in [-0.39, 0.29) is 41.6 Å². The molecule has 3 rings (SSSR count). The van der Waals surface area contributed by atoms with Gasteiger partial charge in [0, 0.05) is 31.7 Å². The van der Waals surface area contributed by atoms with Crippen LogP contribution in [-0.4, -0.2) is 48.8 Å². The van der Waals surface area contributed by atoms with Crippen LogP contribution in [0.15, 0.2) is 11.6 Å². The molecular formula is C19H28N4O3. The van der Waals surface area contributed by atoms with Gasteiger partial charge in [-0.2, -0.15) is 5.26 Å². The summed E-state index contributed by atoms with van der Waals surface area (Å²) in [7, 11) is 0. The minimum Gasteiger partial charge on any atom is -0.358 e. The van der Waals surface area contributed by atoms with Crippen molar-refractivity contribution in [2.24, 2.45) is 17.8 Å². The smallest absolute Gasteiger partial charge is 0.317 e. The third-order valence-corrected chi connectivity index (χ3v) is 5.59. The van der Waals surface area contributed by atoms with Crippen molar-refractivity contribution in [2.45, 2.75) is 51.8 Å². The first-order valence-corrected chi connectivity index (χ1v) is 9.59. The van der Waals surface area contributed by atoms with Gasteiger partial charge in [-0.05, 0) is 37.5 Å². The Bertz CT molecular complexity index is 617. The number of amides is 3. The highest BCUT2D eigenvalue weighted by molar-refractivity contribution is 5.97. The van der Waals surface area contributed by atoms with Crippen molar-refractivity contribution in [3.05, 3.63) is 11.6 Å². The van der Waals surface area contributed by atoms with Crippen molar-refractivity contribution < 1.29 is 14.3 Å². The molecule has 3 heterocycles. The molecule has 0 aliphatic carbocycles. The van der Waals surface area contributed by atoms with Gasteiger partial charge in [-0.15, -0.1) is 0 Å². The molecule has 3 aliphatic rings. The van der Waals surface area contributed by atoms with Gasteiger partial charge in [0.05, 0.1) is 0 Å². The molecule has 142 valence electrons. The van der Waals surface area contributed by atoms with Gasteiger partial charge < -0.3 is 20.3 Å². The number of fused-ring (bicyclic) bond motifs is 1. The second kappa shape index (κ2) is 8.09. The molecule has 0 radical (unpaired) electrons. The van der Waals surface area contributed by atoms with Crippen LogP contribution in [0, 0.1) is 29.1 Å². The van der Waals surface area contributed by atoms with E-state index >= 15 is 0 Å². The molecule has 3 atom stereocenters. The second-order valence-electron chi connectivity index (χ2n) is 7.81. The number of carbonyl (C=O) groups excluding carboxylic acids is 2. The van der Waals surface area contributed by atoms with Crippen molar-refractivity contribution in [2.75, 3.05) is 19.7 Å². The molecule has 0 aromatic heterocycles. The Morgan fingerprint density at radius 1 is 1.31 bits per heavy atom. The summed E-state index contributed by atoms with van der Waals surface area (Å²) in [4.78, 5) is 26.3. The van der Waals surface area contributed by atoms with E-state index in [0.717, 1.165) is 25.7 Å². The molecule has 0 aromatic carbocycles. The number of hydrogen-bond acceptors (Lipinski definition) is 4. The maximum atomic E-state index is 12.6. The molecule has 2 N–H and O–H groups in total. The first-order valence-electron chi connectivity index (χ1n) is 9.59. The number of nitrogens with zero attached hydrogens (tertiary/aromatic N) is 2. The van der Waals surface area contributed by atoms with E-state index in [1.807, 2.05) is 19.9 Å². The van der Waals surface area contributed by atoms with E-state index in [1.165, 1.54) is 0 Å². The second-order valence-corrected chi connectivity index (χ2v) is 7.81. The van der Waals surface area contributed by atoms with Gasteiger partial charge in [0.2, 0.25) is 0 Å². The predicted molar refractivity (Wildman–Crippen MR) is 95.8 cm³/mol. The molecular weight excluding hydrogens is 332 g/mol. The largest absolute Gasteiger partial charge is 0.358 e. The molecule has 0 aromatic rings. The van der Waals surface area contributed by atoms with Crippen molar-refractivity contribution in [1.29, 1.82) is 5.26 Å². The van der Waals surface area contributed by atoms with Crippen molar-refractivity contribution in [1.82, 2.24) is 15.5 Å². The summed E-state index contributed by atoms with van der Waals surface area (Å²) in [6, 6.07) is 1.96. The summed E-state index contributed by atoms with van der Waals surface area (Å²) < 4.78 is 5.74. The fourth-order valence-corrected chi connectivity index (χ4v) is 4.34. The highest BCUT2D eigenvalue weighted by Gasteiger charge is 2.43. The number of ether oxygens (including phenoxy) is 1. The number of hydrogen-bond donors (Lipinski definition) is 2. The number of nitriles is 1. The van der Waals surface area contributed by atoms with Crippen LogP contribution in [0.1, 0.15) is 39.5 Å². The van der Waals surface area contributed by atoms with Crippen molar-refractivity contribution >= 4 is 11.9 Å². The van der Waals surface area contributed by atoms with Gasteiger partial charge in [-0.3, -0.25) is 4.79 Å². The Morgan fingerprint density at radius 2 is 2.04 bits per heavy atom. The average Bonchev–Trinajstić information content (AvgIpc) is 2.65. The van der Waals surface area contributed by atoms with Gasteiger partial charge in [-0.1, -0.05) is 19.9 Å². The van der Waals surface area contributed by atoms with Crippen LogP contribution in [0.25, 0.3) is 0 Å². The van der Waals surface area contributed by atoms with E-state index in [0.29, 0.717) is 25.6 Å². The molecule has 0 bridgehead atoms. The quantitative estimate of drug-likeness (QED) is 0.592. The lowest BCUT2D eigenvalue weighted by Gasteiger charge is -2.46. The standard InChI is InChI=1S/C19H28N4O3/c1-12(2)10-14(11-20)18(24)23-7-5-13(6-8-23)16-15-4-3-9-26-17(15)22-19(25)21-16/h10,12-13,15-17H,3-9H2,1-2H3,(H2,21,22,25)/b14-10+/t15-,16-,17-/m0/s1. The van der Waals surface area contributed by atoms with E-state index in [1.54, 1.807) is 11.0 Å². The highest BCUT2D eigenvalue weighted by Crippen LogP contribution is 2.33. The fraction of sp³-hybridized carbons (Fsp3) is 0.737. The van der Waals surface area contributed by atoms with Crippen molar-refractivity contribution in [3.63, 3.8) is 0 Å². The zero-order valence-electron chi connectivity index (χ0n) is 15.5. The summed E-state index contributed by atoms with van der Waals surface area (Å²) in [5.74, 6) is 0.607. The Hall–Kier alpha value is -2.07. The molecule has 0 unspecified atom stereocenters. The van der Waals surface area contributed by atoms with Gasteiger partial charge in [0.15, 0.2) is 0 Å². The van der Waals surface area contributed by atoms with E-state index < -0.39 is 0 Å². The Morgan fingerprint density at radius 3 is 2.69 bits per heavy atom. The summed E-state index contributed by atoms with van der Waals surface area (Å²) >= 11 is 0. The Labute approximate surface area is 154 Å². The summed E-state index contributed by atoms with van der Waals surface area (Å²) in [5.41, 5.74) is 0.231. The molecule has 7 heteroatoms. The minimum atomic E-state index is -0.193. The molecule has 3 fully saturated rings. The van der Waals surface area contributed by atoms with E-state index in [4.69, 9.17) is 4.74 Å². The zero-order valence-corrected chi connectivity index (χ0v) is 15.5. The number of allylic oxidation sites excluding steroid dienone is 1. The highest BCUT2D eigenvalue weighted by atomic mass is 16.5. The van der Waals surface area contributed by atoms with E-state index in [2.05, 4.69) is 10.6 Å². The van der Waals surface area contributed by atoms with Crippen LogP contribution in [0.2, 0.25) is 0 Å². The Kier molecular flexibility index (Phi) is 5.82. The molecule has 3 aliphatic heterocycles. The van der Waals surface area contributed by atoms with E-state index in [9.17, 15) is 14.9 Å². The van der Waals surface area contributed by atoms with Crippen LogP contribution in [0.4, 0.5) is 4.79 Å². The maximum Gasteiger partial charge on any atom is 0.317 e. The molecule has 7 nitrogen and oxygen atoms in total. The van der Waals surface area contributed by atoms with Crippen LogP contribution in [0.5, 0.6) is 0 Å². The van der Waals surface area contributed by atoms with Gasteiger partial charge in [0.1, 0.15) is 17.9 Å². The van der Waals surface area contributed by atoms with Gasteiger partial charge in [-0.25, -0.2) is 4.79 Å². The van der Waals surface area contributed by atoms with Crippen LogP contribution in [-0.2, 0) is 9.53 Å². The number of nitrogens with one attached hydrogen (secondary N) is 2. The van der Waals surface area contributed by atoms with Gasteiger partial charge in [0.25, 0.3) is 5.91 Å². The molecule has 3 amide bonds. The number of carbonyl (C=O) groups is 2. The zero-order chi connectivity index (χ0) is 18.7. The fourth-order valence-electron chi connectivity index (χ4n) is 4.34. The predicted octanol–water partition coefficient (Wildman–Crippen LogP) is 1.77. The number of likely N-dealkylation sites (tertiary alicyclic amines) is 1. The number of rotatable bonds is 3. The molecule has 26 heavy (non-hydrogen) atoms. The monoisotopic (exact) mass is 360 g/mol. The lowest BCUT2D eigenvalue weighted by molar-refractivity contribution is -0.128. The lowest BCUT2D eigenvalue weighted by atomic mass is 9.77. The Balaban J connectivity index is 1.62. The molecule has 0 saturated carbocycles. The third kappa shape index (κ3) is 4.01. The van der Waals surface area contributed by atoms with Crippen LogP contribution < -0.4 is 10.6 Å². The number of piperidine rings is 1. The number of urea groups is 1. The molecule has 0 spiro atoms. The third-order valence-electron chi connectivity index (χ3n) is 5.59. The van der Waals surface area contributed by atoms with Gasteiger partial charge >= 0.3 is 6.03 Å². The minimum absolute atomic E-state index is 0.0907. The normalized spacial score (nSPS) is 30.2. The summed E-state index contributed by atoms with van der Waals surface area (Å²) in [6.07, 6.45) is 5.25. The van der Waals surface area contributed by atoms with Crippen LogP contribution in [0.3, 0.4) is 0 Å². The topological polar surface area (TPSA) is 94.5 Å². The van der Waals surface area contributed by atoms with Crippen LogP contribution >= 0.6 is 0 Å². The lowest BCUT2D eigenvalue weighted by Crippen LogP contribution is -2.65. The maximum absolute atomic E-state index is 12.6. The first kappa shape index (κ1) is 18.7. The SMILES string of the molecule is CC(C)/C=C(\C#N)C(=O)N1CCC([C@@H]2NC(=O)N[C@H]3OCCC[C@H]32)CC1. The summed E-state index contributed by atoms with van der Waals surface area (Å²) in [6.45, 7) is 5.86. The van der Waals surface area contributed by atoms with Crippen molar-refractivity contribution in [3.8, 4) is 6.07 Å². The first-order chi connectivity index (χ1) is 12.5.